The Morgan fingerprint density at radius 2 is 1.83 bits per heavy atom. The fraction of sp³-hybridized carbons (Fsp3) is 0.316. The van der Waals surface area contributed by atoms with Crippen LogP contribution in [0.2, 0.25) is 0 Å². The fourth-order valence-corrected chi connectivity index (χ4v) is 2.40. The van der Waals surface area contributed by atoms with E-state index in [4.69, 9.17) is 9.84 Å². The van der Waals surface area contributed by atoms with Gasteiger partial charge in [-0.1, -0.05) is 30.3 Å². The largest absolute Gasteiger partial charge is 0.491 e. The minimum Gasteiger partial charge on any atom is -0.491 e. The van der Waals surface area contributed by atoms with Crippen LogP contribution in [0.4, 0.5) is 0 Å². The number of ether oxygens (including phenoxy) is 1. The molecule has 0 aliphatic carbocycles. The van der Waals surface area contributed by atoms with Crippen molar-refractivity contribution in [2.24, 2.45) is 0 Å². The van der Waals surface area contributed by atoms with Crippen LogP contribution in [0.15, 0.2) is 42.5 Å². The van der Waals surface area contributed by atoms with Gasteiger partial charge in [0, 0.05) is 12.6 Å². The molecule has 0 saturated heterocycles. The Morgan fingerprint density at radius 1 is 1.17 bits per heavy atom. The summed E-state index contributed by atoms with van der Waals surface area (Å²) >= 11 is 0. The van der Waals surface area contributed by atoms with Crippen LogP contribution in [0.1, 0.15) is 34.0 Å². The number of carboxylic acids is 1. The van der Waals surface area contributed by atoms with E-state index in [0.717, 1.165) is 22.4 Å². The van der Waals surface area contributed by atoms with E-state index < -0.39 is 5.97 Å². The lowest BCUT2D eigenvalue weighted by Crippen LogP contribution is -2.31. The second kappa shape index (κ2) is 7.79. The molecule has 0 aliphatic heterocycles. The highest BCUT2D eigenvalue weighted by Gasteiger charge is 2.08. The normalized spacial score (nSPS) is 12.0. The molecular weight excluding hydrogens is 290 g/mol. The van der Waals surface area contributed by atoms with Crippen LogP contribution < -0.4 is 10.1 Å². The zero-order chi connectivity index (χ0) is 16.8. The second-order valence-electron chi connectivity index (χ2n) is 5.82. The summed E-state index contributed by atoms with van der Waals surface area (Å²) < 4.78 is 5.92. The molecule has 0 aromatic heterocycles. The summed E-state index contributed by atoms with van der Waals surface area (Å²) in [6.07, 6.45) is 0. The number of carbonyl (C=O) groups is 1. The molecule has 0 amide bonds. The maximum atomic E-state index is 11.0. The van der Waals surface area contributed by atoms with Crippen LogP contribution in [-0.2, 0) is 6.54 Å². The molecule has 122 valence electrons. The highest BCUT2D eigenvalue weighted by atomic mass is 16.5. The Kier molecular flexibility index (Phi) is 5.77. The molecule has 1 atom stereocenters. The van der Waals surface area contributed by atoms with Gasteiger partial charge in [0.05, 0.1) is 5.56 Å². The van der Waals surface area contributed by atoms with Crippen molar-refractivity contribution in [1.82, 2.24) is 5.32 Å². The molecule has 23 heavy (non-hydrogen) atoms. The number of aryl methyl sites for hydroxylation is 2. The molecule has 0 radical (unpaired) electrons. The number of para-hydroxylation sites is 1. The van der Waals surface area contributed by atoms with Gasteiger partial charge in [-0.15, -0.1) is 0 Å². The first-order valence-corrected chi connectivity index (χ1v) is 7.72. The molecule has 0 saturated carbocycles. The van der Waals surface area contributed by atoms with E-state index >= 15 is 0 Å². The number of carboxylic acid groups (broad SMARTS) is 1. The van der Waals surface area contributed by atoms with Crippen molar-refractivity contribution < 1.29 is 14.6 Å². The van der Waals surface area contributed by atoms with Crippen LogP contribution >= 0.6 is 0 Å². The molecule has 0 heterocycles. The lowest BCUT2D eigenvalue weighted by Gasteiger charge is -2.17. The average molecular weight is 313 g/mol. The van der Waals surface area contributed by atoms with Gasteiger partial charge in [0.2, 0.25) is 0 Å². The minimum atomic E-state index is -0.904. The van der Waals surface area contributed by atoms with E-state index in [-0.39, 0.29) is 6.04 Å². The van der Waals surface area contributed by atoms with Gasteiger partial charge in [0.25, 0.3) is 0 Å². The van der Waals surface area contributed by atoms with E-state index in [1.165, 1.54) is 0 Å². The quantitative estimate of drug-likeness (QED) is 0.820. The average Bonchev–Trinajstić information content (AvgIpc) is 2.52. The Hall–Kier alpha value is -2.33. The van der Waals surface area contributed by atoms with Crippen LogP contribution in [0.3, 0.4) is 0 Å². The van der Waals surface area contributed by atoms with Crippen molar-refractivity contribution >= 4 is 5.97 Å². The standard InChI is InChI=1S/C19H23NO3/c1-13-6-4-7-14(2)18(13)23-12-15(3)20-11-16-8-5-9-17(10-16)19(21)22/h4-10,15,20H,11-12H2,1-3H3,(H,21,22). The number of nitrogens with one attached hydrogen (secondary N) is 1. The van der Waals surface area contributed by atoms with Crippen LogP contribution in [0.5, 0.6) is 5.75 Å². The van der Waals surface area contributed by atoms with Gasteiger partial charge >= 0.3 is 5.97 Å². The summed E-state index contributed by atoms with van der Waals surface area (Å²) in [6, 6.07) is 13.2. The molecule has 1 unspecified atom stereocenters. The van der Waals surface area contributed by atoms with Crippen molar-refractivity contribution in [2.45, 2.75) is 33.4 Å². The van der Waals surface area contributed by atoms with Gasteiger partial charge in [-0.25, -0.2) is 4.79 Å². The first-order valence-electron chi connectivity index (χ1n) is 7.72. The number of hydrogen-bond donors (Lipinski definition) is 2. The molecule has 2 rings (SSSR count). The van der Waals surface area contributed by atoms with Crippen molar-refractivity contribution in [2.75, 3.05) is 6.61 Å². The Bertz CT molecular complexity index is 662. The number of hydrogen-bond acceptors (Lipinski definition) is 3. The summed E-state index contributed by atoms with van der Waals surface area (Å²) in [7, 11) is 0. The smallest absolute Gasteiger partial charge is 0.335 e. The van der Waals surface area contributed by atoms with Crippen molar-refractivity contribution in [3.05, 3.63) is 64.7 Å². The molecule has 0 spiro atoms. The van der Waals surface area contributed by atoms with Crippen LogP contribution in [-0.4, -0.2) is 23.7 Å². The zero-order valence-electron chi connectivity index (χ0n) is 13.8. The monoisotopic (exact) mass is 313 g/mol. The summed E-state index contributed by atoms with van der Waals surface area (Å²) in [6.45, 7) is 7.30. The second-order valence-corrected chi connectivity index (χ2v) is 5.82. The van der Waals surface area contributed by atoms with Crippen LogP contribution in [0.25, 0.3) is 0 Å². The number of benzene rings is 2. The Balaban J connectivity index is 1.87. The third-order valence-corrected chi connectivity index (χ3v) is 3.72. The van der Waals surface area contributed by atoms with Gasteiger partial charge in [0.1, 0.15) is 12.4 Å². The van der Waals surface area contributed by atoms with E-state index in [0.29, 0.717) is 18.7 Å². The van der Waals surface area contributed by atoms with E-state index in [9.17, 15) is 4.79 Å². The fourth-order valence-electron chi connectivity index (χ4n) is 2.40. The molecule has 0 aliphatic rings. The summed E-state index contributed by atoms with van der Waals surface area (Å²) in [5.74, 6) is 0.0345. The summed E-state index contributed by atoms with van der Waals surface area (Å²) in [4.78, 5) is 11.0. The molecule has 2 N–H and O–H groups in total. The molecule has 0 fully saturated rings. The van der Waals surface area contributed by atoms with E-state index in [1.54, 1.807) is 18.2 Å². The van der Waals surface area contributed by atoms with Gasteiger partial charge in [0.15, 0.2) is 0 Å². The molecule has 4 heteroatoms. The van der Waals surface area contributed by atoms with Gasteiger partial charge in [-0.05, 0) is 49.6 Å². The van der Waals surface area contributed by atoms with Gasteiger partial charge in [-0.2, -0.15) is 0 Å². The highest BCUT2D eigenvalue weighted by Crippen LogP contribution is 2.22. The lowest BCUT2D eigenvalue weighted by molar-refractivity contribution is 0.0696. The summed E-state index contributed by atoms with van der Waals surface area (Å²) in [5.41, 5.74) is 3.52. The van der Waals surface area contributed by atoms with Gasteiger partial charge < -0.3 is 15.2 Å². The predicted molar refractivity (Wildman–Crippen MR) is 91.1 cm³/mol. The Labute approximate surface area is 137 Å². The predicted octanol–water partition coefficient (Wildman–Crippen LogP) is 3.56. The van der Waals surface area contributed by atoms with Crippen molar-refractivity contribution in [3.8, 4) is 5.75 Å². The van der Waals surface area contributed by atoms with Gasteiger partial charge in [-0.3, -0.25) is 0 Å². The minimum absolute atomic E-state index is 0.155. The lowest BCUT2D eigenvalue weighted by atomic mass is 10.1. The molecule has 4 nitrogen and oxygen atoms in total. The van der Waals surface area contributed by atoms with Crippen LogP contribution in [0, 0.1) is 13.8 Å². The highest BCUT2D eigenvalue weighted by molar-refractivity contribution is 5.87. The maximum Gasteiger partial charge on any atom is 0.335 e. The number of aromatic carboxylic acids is 1. The van der Waals surface area contributed by atoms with E-state index in [1.807, 2.05) is 38.1 Å². The Morgan fingerprint density at radius 3 is 2.48 bits per heavy atom. The third kappa shape index (κ3) is 4.83. The molecule has 2 aromatic rings. The van der Waals surface area contributed by atoms with Crippen molar-refractivity contribution in [1.29, 1.82) is 0 Å². The third-order valence-electron chi connectivity index (χ3n) is 3.72. The SMILES string of the molecule is Cc1cccc(C)c1OCC(C)NCc1cccc(C(=O)O)c1. The first kappa shape index (κ1) is 17.0. The maximum absolute atomic E-state index is 11.0. The first-order chi connectivity index (χ1) is 11.0. The number of rotatable bonds is 7. The molecular formula is C19H23NO3. The summed E-state index contributed by atoms with van der Waals surface area (Å²) in [5, 5.41) is 12.4. The topological polar surface area (TPSA) is 58.6 Å². The van der Waals surface area contributed by atoms with Crippen molar-refractivity contribution in [3.63, 3.8) is 0 Å². The molecule has 2 aromatic carbocycles. The molecule has 0 bridgehead atoms. The van der Waals surface area contributed by atoms with E-state index in [2.05, 4.69) is 12.2 Å². The zero-order valence-corrected chi connectivity index (χ0v) is 13.8.